The van der Waals surface area contributed by atoms with Crippen LogP contribution >= 0.6 is 0 Å². The third-order valence-corrected chi connectivity index (χ3v) is 3.41. The van der Waals surface area contributed by atoms with Crippen molar-refractivity contribution < 1.29 is 15.0 Å². The number of hydrogen-bond donors (Lipinski definition) is 2. The normalized spacial score (nSPS) is 24.9. The maximum Gasteiger partial charge on any atom is 0.407 e. The number of hydrogen-bond acceptors (Lipinski definition) is 3. The summed E-state index contributed by atoms with van der Waals surface area (Å²) in [7, 11) is 1.83. The first-order valence-electron chi connectivity index (χ1n) is 5.69. The minimum atomic E-state index is -0.893. The molecular weight excluding hydrogens is 222 g/mol. The third-order valence-electron chi connectivity index (χ3n) is 3.41. The number of carboxylic acid groups (broad SMARTS) is 1. The summed E-state index contributed by atoms with van der Waals surface area (Å²) in [4.78, 5) is 12.4. The molecule has 1 saturated heterocycles. The number of carbonyl (C=O) groups is 1. The van der Waals surface area contributed by atoms with Crippen LogP contribution in [0.5, 0.6) is 0 Å². The molecular formula is C11H17N3O3. The fourth-order valence-electron chi connectivity index (χ4n) is 2.40. The van der Waals surface area contributed by atoms with E-state index in [9.17, 15) is 9.90 Å². The van der Waals surface area contributed by atoms with Gasteiger partial charge in [-0.1, -0.05) is 0 Å². The first kappa shape index (κ1) is 11.9. The topological polar surface area (TPSA) is 78.6 Å². The molecule has 94 valence electrons. The maximum absolute atomic E-state index is 11.0. The molecule has 6 nitrogen and oxygen atoms in total. The molecule has 1 aliphatic heterocycles. The van der Waals surface area contributed by atoms with Gasteiger partial charge in [-0.05, 0) is 17.9 Å². The van der Waals surface area contributed by atoms with Crippen molar-refractivity contribution >= 4 is 6.09 Å². The Morgan fingerprint density at radius 2 is 2.41 bits per heavy atom. The number of likely N-dealkylation sites (tertiary alicyclic amines) is 1. The van der Waals surface area contributed by atoms with E-state index in [1.165, 1.54) is 4.90 Å². The molecule has 1 fully saturated rings. The van der Waals surface area contributed by atoms with E-state index in [-0.39, 0.29) is 18.4 Å². The van der Waals surface area contributed by atoms with E-state index in [0.29, 0.717) is 19.5 Å². The molecule has 6 heteroatoms. The lowest BCUT2D eigenvalue weighted by molar-refractivity contribution is 0.0938. The zero-order valence-electron chi connectivity index (χ0n) is 9.78. The Kier molecular flexibility index (Phi) is 3.33. The highest BCUT2D eigenvalue weighted by Gasteiger charge is 2.32. The first-order valence-corrected chi connectivity index (χ1v) is 5.69. The van der Waals surface area contributed by atoms with Gasteiger partial charge >= 0.3 is 6.09 Å². The molecule has 1 aromatic rings. The quantitative estimate of drug-likeness (QED) is 0.787. The monoisotopic (exact) mass is 239 g/mol. The molecule has 0 unspecified atom stereocenters. The zero-order chi connectivity index (χ0) is 12.4. The van der Waals surface area contributed by atoms with Crippen molar-refractivity contribution in [3.05, 3.63) is 18.0 Å². The van der Waals surface area contributed by atoms with Crippen molar-refractivity contribution in [1.82, 2.24) is 14.7 Å². The number of rotatable bonds is 2. The van der Waals surface area contributed by atoms with E-state index in [1.807, 2.05) is 13.2 Å². The van der Waals surface area contributed by atoms with Crippen LogP contribution in [0.2, 0.25) is 0 Å². The smallest absolute Gasteiger partial charge is 0.407 e. The molecule has 2 rings (SSSR count). The number of aliphatic hydroxyl groups excluding tert-OH is 1. The van der Waals surface area contributed by atoms with Gasteiger partial charge in [0.2, 0.25) is 0 Å². The van der Waals surface area contributed by atoms with Crippen LogP contribution in [0.4, 0.5) is 4.79 Å². The Morgan fingerprint density at radius 3 is 2.94 bits per heavy atom. The summed E-state index contributed by atoms with van der Waals surface area (Å²) in [5.41, 5.74) is 0.998. The van der Waals surface area contributed by atoms with Gasteiger partial charge in [0, 0.05) is 38.9 Å². The van der Waals surface area contributed by atoms with Crippen molar-refractivity contribution in [1.29, 1.82) is 0 Å². The van der Waals surface area contributed by atoms with Crippen molar-refractivity contribution in [2.45, 2.75) is 12.3 Å². The highest BCUT2D eigenvalue weighted by Crippen LogP contribution is 2.31. The van der Waals surface area contributed by atoms with Gasteiger partial charge in [0.15, 0.2) is 0 Å². The third kappa shape index (κ3) is 2.41. The number of aryl methyl sites for hydroxylation is 1. The summed E-state index contributed by atoms with van der Waals surface area (Å²) in [5.74, 6) is 0.161. The lowest BCUT2D eigenvalue weighted by Gasteiger charge is -2.36. The minimum Gasteiger partial charge on any atom is -0.465 e. The standard InChI is InChI=1S/C11H17N3O3/c1-13-5-9(4-12-13)10-6-14(11(16)17)3-2-8(10)7-15/h4-5,8,10,15H,2-3,6-7H2,1H3,(H,16,17)/t8-,10+/m0/s1. The van der Waals surface area contributed by atoms with E-state index in [4.69, 9.17) is 5.11 Å². The van der Waals surface area contributed by atoms with Crippen LogP contribution in [0.15, 0.2) is 12.4 Å². The van der Waals surface area contributed by atoms with Gasteiger partial charge < -0.3 is 15.1 Å². The molecule has 2 N–H and O–H groups in total. The van der Waals surface area contributed by atoms with Crippen molar-refractivity contribution in [2.75, 3.05) is 19.7 Å². The molecule has 0 bridgehead atoms. The van der Waals surface area contributed by atoms with Crippen LogP contribution in [-0.2, 0) is 7.05 Å². The Balaban J connectivity index is 2.18. The maximum atomic E-state index is 11.0. The van der Waals surface area contributed by atoms with E-state index < -0.39 is 6.09 Å². The second-order valence-corrected chi connectivity index (χ2v) is 4.51. The Morgan fingerprint density at radius 1 is 1.65 bits per heavy atom. The number of piperidine rings is 1. The Bertz CT molecular complexity index is 404. The van der Waals surface area contributed by atoms with E-state index in [0.717, 1.165) is 5.56 Å². The fraction of sp³-hybridized carbons (Fsp3) is 0.636. The number of aromatic nitrogens is 2. The Labute approximate surface area is 99.5 Å². The van der Waals surface area contributed by atoms with E-state index >= 15 is 0 Å². The number of nitrogens with zero attached hydrogens (tertiary/aromatic N) is 3. The molecule has 2 heterocycles. The van der Waals surface area contributed by atoms with Gasteiger partial charge in [0.1, 0.15) is 0 Å². The molecule has 0 aromatic carbocycles. The summed E-state index contributed by atoms with van der Waals surface area (Å²) in [6, 6.07) is 0. The highest BCUT2D eigenvalue weighted by molar-refractivity contribution is 5.65. The van der Waals surface area contributed by atoms with Crippen LogP contribution in [0.3, 0.4) is 0 Å². The van der Waals surface area contributed by atoms with Crippen LogP contribution in [0.1, 0.15) is 17.9 Å². The van der Waals surface area contributed by atoms with Crippen LogP contribution < -0.4 is 0 Å². The average Bonchev–Trinajstić information content (AvgIpc) is 2.74. The predicted octanol–water partition coefficient (Wildman–Crippen LogP) is 0.496. The van der Waals surface area contributed by atoms with Gasteiger partial charge in [-0.25, -0.2) is 4.79 Å². The van der Waals surface area contributed by atoms with Gasteiger partial charge in [-0.15, -0.1) is 0 Å². The van der Waals surface area contributed by atoms with Gasteiger partial charge in [-0.2, -0.15) is 5.10 Å². The minimum absolute atomic E-state index is 0.0403. The van der Waals surface area contributed by atoms with E-state index in [2.05, 4.69) is 5.10 Å². The molecule has 1 aromatic heterocycles. The number of aliphatic hydroxyl groups is 1. The lowest BCUT2D eigenvalue weighted by Crippen LogP contribution is -2.43. The van der Waals surface area contributed by atoms with Gasteiger partial charge in [0.25, 0.3) is 0 Å². The summed E-state index contributed by atoms with van der Waals surface area (Å²) in [6.07, 6.45) is 3.44. The van der Waals surface area contributed by atoms with Crippen LogP contribution in [0.25, 0.3) is 0 Å². The van der Waals surface area contributed by atoms with E-state index in [1.54, 1.807) is 10.9 Å². The average molecular weight is 239 g/mol. The van der Waals surface area contributed by atoms with Gasteiger partial charge in [-0.3, -0.25) is 4.68 Å². The first-order chi connectivity index (χ1) is 8.11. The number of amides is 1. The highest BCUT2D eigenvalue weighted by atomic mass is 16.4. The summed E-state index contributed by atoms with van der Waals surface area (Å²) >= 11 is 0. The lowest BCUT2D eigenvalue weighted by atomic mass is 9.82. The fourth-order valence-corrected chi connectivity index (χ4v) is 2.40. The van der Waals surface area contributed by atoms with Gasteiger partial charge in [0.05, 0.1) is 6.20 Å². The van der Waals surface area contributed by atoms with Crippen LogP contribution in [-0.4, -0.2) is 50.7 Å². The SMILES string of the molecule is Cn1cc([C@@H]2CN(C(=O)O)CC[C@H]2CO)cn1. The largest absolute Gasteiger partial charge is 0.465 e. The zero-order valence-corrected chi connectivity index (χ0v) is 9.78. The molecule has 0 spiro atoms. The summed E-state index contributed by atoms with van der Waals surface area (Å²) < 4.78 is 1.70. The second kappa shape index (κ2) is 4.75. The van der Waals surface area contributed by atoms with Crippen molar-refractivity contribution in [3.63, 3.8) is 0 Å². The van der Waals surface area contributed by atoms with Crippen molar-refractivity contribution in [3.8, 4) is 0 Å². The summed E-state index contributed by atoms with van der Waals surface area (Å²) in [5, 5.41) is 22.5. The molecule has 0 saturated carbocycles. The molecule has 0 aliphatic carbocycles. The van der Waals surface area contributed by atoms with Crippen molar-refractivity contribution in [2.24, 2.45) is 13.0 Å². The Hall–Kier alpha value is -1.56. The predicted molar refractivity (Wildman–Crippen MR) is 60.7 cm³/mol. The molecule has 2 atom stereocenters. The second-order valence-electron chi connectivity index (χ2n) is 4.51. The summed E-state index contributed by atoms with van der Waals surface area (Å²) in [6.45, 7) is 1.02. The van der Waals surface area contributed by atoms with Crippen LogP contribution in [0, 0.1) is 5.92 Å². The molecule has 1 amide bonds. The molecule has 1 aliphatic rings. The molecule has 0 radical (unpaired) electrons. The molecule has 17 heavy (non-hydrogen) atoms.